The lowest BCUT2D eigenvalue weighted by molar-refractivity contribution is 0.0482. The second-order valence-corrected chi connectivity index (χ2v) is 2.70. The van der Waals surface area contributed by atoms with Crippen LogP contribution in [0, 0.1) is 0 Å². The lowest BCUT2D eigenvalue weighted by Gasteiger charge is -2.22. The lowest BCUT2D eigenvalue weighted by atomic mass is 10.2. The molecule has 0 heterocycles. The van der Waals surface area contributed by atoms with Gasteiger partial charge in [-0.3, -0.25) is 0 Å². The Hall–Kier alpha value is -0.610. The summed E-state index contributed by atoms with van der Waals surface area (Å²) >= 11 is 4.53. The minimum absolute atomic E-state index is 0.0897. The van der Waals surface area contributed by atoms with Crippen molar-refractivity contribution in [3.8, 4) is 0 Å². The zero-order valence-corrected chi connectivity index (χ0v) is 6.74. The Morgan fingerprint density at radius 2 is 2.50 bits per heavy atom. The Morgan fingerprint density at radius 1 is 2.00 bits per heavy atom. The molecular formula is C6H12N2OS. The first kappa shape index (κ1) is 9.39. The molecule has 10 heavy (non-hydrogen) atoms. The van der Waals surface area contributed by atoms with Gasteiger partial charge in [-0.2, -0.15) is 0 Å². The Morgan fingerprint density at radius 3 is 2.80 bits per heavy atom. The van der Waals surface area contributed by atoms with E-state index >= 15 is 0 Å². The van der Waals surface area contributed by atoms with Gasteiger partial charge in [-0.15, -0.1) is 6.58 Å². The van der Waals surface area contributed by atoms with Crippen molar-refractivity contribution in [1.82, 2.24) is 5.32 Å². The molecule has 3 nitrogen and oxygen atoms in total. The fraction of sp³-hybridized carbons (Fsp3) is 0.500. The third-order valence-corrected chi connectivity index (χ3v) is 1.04. The Labute approximate surface area is 65.9 Å². The van der Waals surface area contributed by atoms with Crippen molar-refractivity contribution >= 4 is 17.3 Å². The first-order valence-electron chi connectivity index (χ1n) is 2.89. The van der Waals surface area contributed by atoms with Gasteiger partial charge in [-0.1, -0.05) is 6.08 Å². The van der Waals surface area contributed by atoms with Crippen LogP contribution in [-0.4, -0.2) is 15.9 Å². The molecule has 0 bridgehead atoms. The van der Waals surface area contributed by atoms with Crippen LogP contribution < -0.4 is 11.1 Å². The van der Waals surface area contributed by atoms with Crippen molar-refractivity contribution in [2.24, 2.45) is 5.73 Å². The minimum Gasteiger partial charge on any atom is -0.376 e. The summed E-state index contributed by atoms with van der Waals surface area (Å²) in [5.74, 6) is 0. The van der Waals surface area contributed by atoms with Crippen molar-refractivity contribution in [3.63, 3.8) is 0 Å². The molecule has 0 saturated heterocycles. The summed E-state index contributed by atoms with van der Waals surface area (Å²) in [7, 11) is 0. The van der Waals surface area contributed by atoms with Gasteiger partial charge in [0.2, 0.25) is 0 Å². The molecule has 0 fully saturated rings. The monoisotopic (exact) mass is 160 g/mol. The van der Waals surface area contributed by atoms with Crippen LogP contribution in [0.4, 0.5) is 0 Å². The van der Waals surface area contributed by atoms with Gasteiger partial charge in [0.15, 0.2) is 5.11 Å². The molecule has 1 unspecified atom stereocenters. The number of nitrogens with one attached hydrogen (secondary N) is 1. The molecule has 0 amide bonds. The normalized spacial score (nSPS) is 15.4. The van der Waals surface area contributed by atoms with E-state index in [1.54, 1.807) is 13.0 Å². The van der Waals surface area contributed by atoms with E-state index in [4.69, 9.17) is 5.73 Å². The van der Waals surface area contributed by atoms with E-state index in [9.17, 15) is 5.11 Å². The molecule has 0 aliphatic rings. The van der Waals surface area contributed by atoms with Gasteiger partial charge in [-0.05, 0) is 19.1 Å². The van der Waals surface area contributed by atoms with Crippen molar-refractivity contribution in [2.75, 3.05) is 0 Å². The molecule has 0 aromatic heterocycles. The second kappa shape index (κ2) is 3.53. The highest BCUT2D eigenvalue weighted by Crippen LogP contribution is 2.03. The fourth-order valence-corrected chi connectivity index (χ4v) is 0.817. The molecule has 4 N–H and O–H groups in total. The van der Waals surface area contributed by atoms with E-state index in [0.29, 0.717) is 6.42 Å². The maximum atomic E-state index is 9.34. The van der Waals surface area contributed by atoms with Gasteiger partial charge in [0.05, 0.1) is 0 Å². The molecular weight excluding hydrogens is 148 g/mol. The molecule has 1 atom stereocenters. The maximum Gasteiger partial charge on any atom is 0.165 e. The summed E-state index contributed by atoms with van der Waals surface area (Å²) in [5, 5.41) is 11.9. The van der Waals surface area contributed by atoms with Gasteiger partial charge in [0.25, 0.3) is 0 Å². The Bertz CT molecular complexity index is 145. The van der Waals surface area contributed by atoms with Gasteiger partial charge in [0.1, 0.15) is 5.72 Å². The summed E-state index contributed by atoms with van der Waals surface area (Å²) < 4.78 is 0. The van der Waals surface area contributed by atoms with E-state index in [2.05, 4.69) is 24.1 Å². The summed E-state index contributed by atoms with van der Waals surface area (Å²) in [6, 6.07) is 0. The van der Waals surface area contributed by atoms with Crippen molar-refractivity contribution < 1.29 is 5.11 Å². The molecule has 0 spiro atoms. The standard InChI is InChI=1S/C6H12N2OS/c1-3-4-6(2,9)8-5(7)10/h3,9H,1,4H2,2H3,(H3,7,8,10). The summed E-state index contributed by atoms with van der Waals surface area (Å²) in [6.45, 7) is 5.05. The van der Waals surface area contributed by atoms with Crippen LogP contribution in [0.25, 0.3) is 0 Å². The number of rotatable bonds is 3. The first-order valence-corrected chi connectivity index (χ1v) is 3.29. The molecule has 0 radical (unpaired) electrons. The van der Waals surface area contributed by atoms with Crippen LogP contribution in [0.5, 0.6) is 0 Å². The quantitative estimate of drug-likeness (QED) is 0.311. The summed E-state index contributed by atoms with van der Waals surface area (Å²) in [4.78, 5) is 0. The van der Waals surface area contributed by atoms with Crippen LogP contribution >= 0.6 is 12.2 Å². The third kappa shape index (κ3) is 4.29. The molecule has 0 saturated carbocycles. The highest BCUT2D eigenvalue weighted by molar-refractivity contribution is 7.80. The van der Waals surface area contributed by atoms with Gasteiger partial charge >= 0.3 is 0 Å². The number of nitrogens with two attached hydrogens (primary N) is 1. The van der Waals surface area contributed by atoms with Gasteiger partial charge in [-0.25, -0.2) is 0 Å². The fourth-order valence-electron chi connectivity index (χ4n) is 0.597. The Balaban J connectivity index is 3.85. The highest BCUT2D eigenvalue weighted by Gasteiger charge is 2.17. The smallest absolute Gasteiger partial charge is 0.165 e. The van der Waals surface area contributed by atoms with Crippen LogP contribution in [0.15, 0.2) is 12.7 Å². The van der Waals surface area contributed by atoms with Crippen LogP contribution in [0.1, 0.15) is 13.3 Å². The minimum atomic E-state index is -1.06. The molecule has 0 aliphatic heterocycles. The van der Waals surface area contributed by atoms with Crippen LogP contribution in [0.3, 0.4) is 0 Å². The van der Waals surface area contributed by atoms with E-state index in [-0.39, 0.29) is 5.11 Å². The number of thiocarbonyl (C=S) groups is 1. The predicted octanol–water partition coefficient (Wildman–Crippen LogP) is 0.104. The van der Waals surface area contributed by atoms with E-state index in [1.807, 2.05) is 0 Å². The van der Waals surface area contributed by atoms with E-state index in [1.165, 1.54) is 0 Å². The first-order chi connectivity index (χ1) is 4.48. The van der Waals surface area contributed by atoms with Gasteiger partial charge < -0.3 is 16.2 Å². The zero-order chi connectivity index (χ0) is 8.20. The summed E-state index contributed by atoms with van der Waals surface area (Å²) in [5.41, 5.74) is 4.07. The topological polar surface area (TPSA) is 58.3 Å². The number of aliphatic hydroxyl groups is 1. The molecule has 0 aliphatic carbocycles. The lowest BCUT2D eigenvalue weighted by Crippen LogP contribution is -2.47. The van der Waals surface area contributed by atoms with Crippen LogP contribution in [-0.2, 0) is 0 Å². The average molecular weight is 160 g/mol. The number of hydrogen-bond donors (Lipinski definition) is 3. The van der Waals surface area contributed by atoms with E-state index < -0.39 is 5.72 Å². The zero-order valence-electron chi connectivity index (χ0n) is 5.92. The largest absolute Gasteiger partial charge is 0.376 e. The van der Waals surface area contributed by atoms with Crippen molar-refractivity contribution in [3.05, 3.63) is 12.7 Å². The molecule has 0 rings (SSSR count). The molecule has 4 heteroatoms. The molecule has 0 aromatic carbocycles. The van der Waals surface area contributed by atoms with E-state index in [0.717, 1.165) is 0 Å². The summed E-state index contributed by atoms with van der Waals surface area (Å²) in [6.07, 6.45) is 2.00. The molecule has 0 aromatic rings. The SMILES string of the molecule is C=CCC(C)(O)NC(N)=S. The van der Waals surface area contributed by atoms with Crippen LogP contribution in [0.2, 0.25) is 0 Å². The average Bonchev–Trinajstić information content (AvgIpc) is 1.59. The maximum absolute atomic E-state index is 9.34. The Kier molecular flexibility index (Phi) is 3.32. The highest BCUT2D eigenvalue weighted by atomic mass is 32.1. The third-order valence-electron chi connectivity index (χ3n) is 0.934. The second-order valence-electron chi connectivity index (χ2n) is 2.26. The predicted molar refractivity (Wildman–Crippen MR) is 45.4 cm³/mol. The van der Waals surface area contributed by atoms with Crippen molar-refractivity contribution in [1.29, 1.82) is 0 Å². The van der Waals surface area contributed by atoms with Gasteiger partial charge in [0, 0.05) is 6.42 Å². The molecule has 58 valence electrons. The number of hydrogen-bond acceptors (Lipinski definition) is 2. The van der Waals surface area contributed by atoms with Crippen molar-refractivity contribution in [2.45, 2.75) is 19.1 Å².